The Morgan fingerprint density at radius 2 is 1.61 bits per heavy atom. The topological polar surface area (TPSA) is 92.6 Å². The van der Waals surface area contributed by atoms with Crippen LogP contribution in [0.5, 0.6) is 0 Å². The highest BCUT2D eigenvalue weighted by Gasteiger charge is 2.32. The van der Waals surface area contributed by atoms with Crippen molar-refractivity contribution >= 4 is 40.9 Å². The molecule has 0 radical (unpaired) electrons. The van der Waals surface area contributed by atoms with Crippen LogP contribution in [0.4, 0.5) is 5.69 Å². The number of non-ortho nitro benzene ring substituents is 1. The van der Waals surface area contributed by atoms with E-state index in [-0.39, 0.29) is 29.8 Å². The summed E-state index contributed by atoms with van der Waals surface area (Å²) in [5.41, 5.74) is 2.11. The van der Waals surface area contributed by atoms with Crippen molar-refractivity contribution in [1.29, 1.82) is 0 Å². The third-order valence-corrected chi connectivity index (χ3v) is 7.07. The molecule has 200 valence electrons. The van der Waals surface area contributed by atoms with Crippen molar-refractivity contribution in [3.63, 3.8) is 0 Å². The van der Waals surface area contributed by atoms with Crippen LogP contribution in [0, 0.1) is 10.1 Å². The number of hydrogen-bond donors (Lipinski definition) is 1. The molecule has 0 saturated heterocycles. The second kappa shape index (κ2) is 13.4. The number of carbonyl (C=O) groups is 2. The largest absolute Gasteiger partial charge is 0.350 e. The number of nitrogens with one attached hydrogen (secondary N) is 1. The van der Waals surface area contributed by atoms with Crippen molar-refractivity contribution in [2.45, 2.75) is 51.1 Å². The summed E-state index contributed by atoms with van der Waals surface area (Å²) in [6, 6.07) is 22.5. The van der Waals surface area contributed by atoms with E-state index in [0.29, 0.717) is 17.2 Å². The van der Waals surface area contributed by atoms with E-state index in [1.165, 1.54) is 23.9 Å². The zero-order valence-corrected chi connectivity index (χ0v) is 23.3. The number of carbonyl (C=O) groups excluding carboxylic acids is 2. The minimum Gasteiger partial charge on any atom is -0.350 e. The monoisotopic (exact) mass is 553 g/mol. The molecule has 1 atom stereocenters. The van der Waals surface area contributed by atoms with E-state index in [9.17, 15) is 19.7 Å². The van der Waals surface area contributed by atoms with Crippen molar-refractivity contribution < 1.29 is 14.5 Å². The maximum Gasteiger partial charge on any atom is 0.269 e. The van der Waals surface area contributed by atoms with Crippen molar-refractivity contribution in [2.75, 3.05) is 5.75 Å². The van der Waals surface area contributed by atoms with Gasteiger partial charge in [0, 0.05) is 41.4 Å². The summed E-state index contributed by atoms with van der Waals surface area (Å²) < 4.78 is 0. The molecule has 38 heavy (non-hydrogen) atoms. The van der Waals surface area contributed by atoms with Gasteiger partial charge in [0.1, 0.15) is 6.04 Å². The van der Waals surface area contributed by atoms with E-state index in [0.717, 1.165) is 16.7 Å². The molecule has 0 aromatic heterocycles. The molecule has 0 heterocycles. The van der Waals surface area contributed by atoms with Gasteiger partial charge in [-0.25, -0.2) is 0 Å². The van der Waals surface area contributed by atoms with Crippen molar-refractivity contribution in [2.24, 2.45) is 0 Å². The second-order valence-electron chi connectivity index (χ2n) is 9.97. The lowest BCUT2D eigenvalue weighted by atomic mass is 10.0. The first-order valence-corrected chi connectivity index (χ1v) is 13.8. The zero-order valence-electron chi connectivity index (χ0n) is 21.7. The van der Waals surface area contributed by atoms with Gasteiger partial charge in [0.15, 0.2) is 0 Å². The minimum atomic E-state index is -0.750. The summed E-state index contributed by atoms with van der Waals surface area (Å²) in [7, 11) is 0. The molecular weight excluding hydrogens is 522 g/mol. The summed E-state index contributed by atoms with van der Waals surface area (Å²) >= 11 is 7.85. The summed E-state index contributed by atoms with van der Waals surface area (Å²) in [5.74, 6) is 0.209. The fourth-order valence-corrected chi connectivity index (χ4v) is 4.94. The van der Waals surface area contributed by atoms with Gasteiger partial charge in [0.2, 0.25) is 11.8 Å². The molecule has 0 aliphatic carbocycles. The molecule has 2 amide bonds. The Kier molecular flexibility index (Phi) is 10.3. The van der Waals surface area contributed by atoms with Crippen LogP contribution in [0.1, 0.15) is 37.5 Å². The molecule has 0 fully saturated rings. The summed E-state index contributed by atoms with van der Waals surface area (Å²) in [5, 5.41) is 14.5. The first-order chi connectivity index (χ1) is 18.0. The van der Waals surface area contributed by atoms with Gasteiger partial charge in [-0.2, -0.15) is 0 Å². The number of nitro groups is 1. The third-order valence-electron chi connectivity index (χ3n) is 5.71. The van der Waals surface area contributed by atoms with Crippen LogP contribution in [0.25, 0.3) is 0 Å². The number of halogens is 1. The van der Waals surface area contributed by atoms with Gasteiger partial charge in [-0.15, -0.1) is 11.8 Å². The molecule has 0 aliphatic rings. The number of thioether (sulfide) groups is 1. The normalized spacial score (nSPS) is 12.0. The van der Waals surface area contributed by atoms with Crippen LogP contribution < -0.4 is 5.32 Å². The molecule has 0 aliphatic heterocycles. The van der Waals surface area contributed by atoms with Gasteiger partial charge in [-0.05, 0) is 43.5 Å². The fraction of sp³-hybridized carbons (Fsp3) is 0.310. The minimum absolute atomic E-state index is 0.0226. The van der Waals surface area contributed by atoms with Crippen LogP contribution in [0.3, 0.4) is 0 Å². The highest BCUT2D eigenvalue weighted by Crippen LogP contribution is 2.23. The SMILES string of the molecule is CC(C)(C)NC(=O)[C@H](Cc1ccccc1)N(Cc1ccccc1Cl)C(=O)CSCc1ccc([N+](=O)[O-])cc1. The van der Waals surface area contributed by atoms with E-state index < -0.39 is 16.5 Å². The van der Waals surface area contributed by atoms with Gasteiger partial charge in [0.05, 0.1) is 10.7 Å². The average molecular weight is 554 g/mol. The second-order valence-corrected chi connectivity index (χ2v) is 11.4. The number of benzene rings is 3. The Balaban J connectivity index is 1.85. The van der Waals surface area contributed by atoms with Crippen LogP contribution in [0.2, 0.25) is 5.02 Å². The molecule has 1 N–H and O–H groups in total. The van der Waals surface area contributed by atoms with Gasteiger partial charge in [0.25, 0.3) is 5.69 Å². The molecule has 0 unspecified atom stereocenters. The van der Waals surface area contributed by atoms with Crippen LogP contribution in [-0.2, 0) is 28.3 Å². The summed E-state index contributed by atoms with van der Waals surface area (Å²) in [4.78, 5) is 39.3. The maximum atomic E-state index is 13.7. The first-order valence-electron chi connectivity index (χ1n) is 12.2. The maximum absolute atomic E-state index is 13.7. The molecule has 3 rings (SSSR count). The van der Waals surface area contributed by atoms with E-state index in [1.54, 1.807) is 23.1 Å². The first kappa shape index (κ1) is 29.2. The fourth-order valence-electron chi connectivity index (χ4n) is 3.87. The number of amides is 2. The molecule has 0 saturated carbocycles. The highest BCUT2D eigenvalue weighted by molar-refractivity contribution is 7.99. The number of rotatable bonds is 11. The molecule has 3 aromatic carbocycles. The van der Waals surface area contributed by atoms with Gasteiger partial charge in [-0.3, -0.25) is 19.7 Å². The third kappa shape index (κ3) is 8.89. The average Bonchev–Trinajstić information content (AvgIpc) is 2.87. The van der Waals surface area contributed by atoms with Gasteiger partial charge in [-0.1, -0.05) is 72.3 Å². The van der Waals surface area contributed by atoms with E-state index in [1.807, 2.05) is 69.3 Å². The van der Waals surface area contributed by atoms with Crippen molar-refractivity contribution in [3.8, 4) is 0 Å². The molecule has 7 nitrogen and oxygen atoms in total. The van der Waals surface area contributed by atoms with Crippen LogP contribution >= 0.6 is 23.4 Å². The summed E-state index contributed by atoms with van der Waals surface area (Å²) in [6.07, 6.45) is 0.353. The Hall–Kier alpha value is -3.36. The standard InChI is InChI=1S/C29H32ClN3O4S/c1-29(2,3)31-28(35)26(17-21-9-5-4-6-10-21)32(18-23-11-7-8-12-25(23)30)27(34)20-38-19-22-13-15-24(16-14-22)33(36)37/h4-16,26H,17-20H2,1-3H3,(H,31,35)/t26-/m0/s1. The molecule has 9 heteroatoms. The molecule has 3 aromatic rings. The van der Waals surface area contributed by atoms with E-state index in [2.05, 4.69) is 5.32 Å². The number of nitro benzene ring substituents is 1. The van der Waals surface area contributed by atoms with Crippen LogP contribution in [-0.4, -0.2) is 39.0 Å². The Morgan fingerprint density at radius 1 is 0.974 bits per heavy atom. The van der Waals surface area contributed by atoms with Gasteiger partial charge >= 0.3 is 0 Å². The molecular formula is C29H32ClN3O4S. The number of hydrogen-bond acceptors (Lipinski definition) is 5. The highest BCUT2D eigenvalue weighted by atomic mass is 35.5. The Bertz CT molecular complexity index is 1250. The van der Waals surface area contributed by atoms with Crippen LogP contribution in [0.15, 0.2) is 78.9 Å². The van der Waals surface area contributed by atoms with E-state index in [4.69, 9.17) is 11.6 Å². The quantitative estimate of drug-likeness (QED) is 0.231. The number of nitrogens with zero attached hydrogens (tertiary/aromatic N) is 2. The smallest absolute Gasteiger partial charge is 0.269 e. The van der Waals surface area contributed by atoms with Gasteiger partial charge < -0.3 is 10.2 Å². The predicted molar refractivity (Wildman–Crippen MR) is 153 cm³/mol. The Labute approximate surface area is 232 Å². The Morgan fingerprint density at radius 3 is 2.21 bits per heavy atom. The molecule has 0 bridgehead atoms. The lowest BCUT2D eigenvalue weighted by Gasteiger charge is -2.34. The lowest BCUT2D eigenvalue weighted by molar-refractivity contribution is -0.384. The van der Waals surface area contributed by atoms with Crippen molar-refractivity contribution in [1.82, 2.24) is 10.2 Å². The summed E-state index contributed by atoms with van der Waals surface area (Å²) in [6.45, 7) is 5.91. The zero-order chi connectivity index (χ0) is 27.7. The predicted octanol–water partition coefficient (Wildman–Crippen LogP) is 6.04. The van der Waals surface area contributed by atoms with Crippen molar-refractivity contribution in [3.05, 3.63) is 111 Å². The van der Waals surface area contributed by atoms with E-state index >= 15 is 0 Å². The molecule has 0 spiro atoms. The lowest BCUT2D eigenvalue weighted by Crippen LogP contribution is -2.54.